The number of hydrogen-bond donors (Lipinski definition) is 2. The zero-order chi connectivity index (χ0) is 13.3. The highest BCUT2D eigenvalue weighted by atomic mass is 32.2. The SMILES string of the molecule is CN(C)S(=O)(=O)Nc1nc(-c2csc(N)n2)cs1. The third-order valence-electron chi connectivity index (χ3n) is 1.99. The van der Waals surface area contributed by atoms with Crippen LogP contribution in [0, 0.1) is 0 Å². The molecule has 0 spiro atoms. The largest absolute Gasteiger partial charge is 0.375 e. The molecule has 2 aromatic heterocycles. The van der Waals surface area contributed by atoms with Gasteiger partial charge in [0.2, 0.25) is 0 Å². The van der Waals surface area contributed by atoms with E-state index in [4.69, 9.17) is 5.73 Å². The van der Waals surface area contributed by atoms with Gasteiger partial charge in [0.15, 0.2) is 10.3 Å². The molecule has 0 amide bonds. The van der Waals surface area contributed by atoms with Crippen LogP contribution in [0.4, 0.5) is 10.3 Å². The fourth-order valence-corrected chi connectivity index (χ4v) is 3.11. The van der Waals surface area contributed by atoms with E-state index in [1.807, 2.05) is 0 Å². The molecule has 3 N–H and O–H groups in total. The Kier molecular flexibility index (Phi) is 3.52. The average molecular weight is 305 g/mol. The highest BCUT2D eigenvalue weighted by molar-refractivity contribution is 7.90. The minimum absolute atomic E-state index is 0.297. The second kappa shape index (κ2) is 4.80. The zero-order valence-electron chi connectivity index (χ0n) is 9.61. The van der Waals surface area contributed by atoms with Gasteiger partial charge in [0.1, 0.15) is 11.4 Å². The molecule has 0 saturated carbocycles. The lowest BCUT2D eigenvalue weighted by Gasteiger charge is -2.10. The molecule has 0 aliphatic heterocycles. The molecule has 0 saturated heterocycles. The molecule has 0 aliphatic rings. The van der Waals surface area contributed by atoms with Crippen molar-refractivity contribution in [2.75, 3.05) is 24.6 Å². The molecule has 0 fully saturated rings. The van der Waals surface area contributed by atoms with Crippen LogP contribution in [0.25, 0.3) is 11.4 Å². The smallest absolute Gasteiger partial charge is 0.302 e. The van der Waals surface area contributed by atoms with Gasteiger partial charge < -0.3 is 5.73 Å². The zero-order valence-corrected chi connectivity index (χ0v) is 12.1. The van der Waals surface area contributed by atoms with Crippen molar-refractivity contribution in [3.8, 4) is 11.4 Å². The predicted molar refractivity (Wildman–Crippen MR) is 73.9 cm³/mol. The van der Waals surface area contributed by atoms with E-state index in [1.54, 1.807) is 10.8 Å². The fourth-order valence-electron chi connectivity index (χ4n) is 1.05. The van der Waals surface area contributed by atoms with Crippen molar-refractivity contribution in [2.45, 2.75) is 0 Å². The van der Waals surface area contributed by atoms with Gasteiger partial charge in [-0.1, -0.05) is 0 Å². The first-order valence-electron chi connectivity index (χ1n) is 4.75. The maximum absolute atomic E-state index is 11.6. The summed E-state index contributed by atoms with van der Waals surface area (Å²) in [6, 6.07) is 0. The molecule has 2 rings (SSSR count). The number of nitrogens with two attached hydrogens (primary N) is 1. The standard InChI is InChI=1S/C8H11N5O2S3/c1-13(2)18(14,15)12-8-11-6(4-17-8)5-3-16-7(9)10-5/h3-4H,1-2H3,(H2,9,10)(H,11,12). The molecular formula is C8H11N5O2S3. The fraction of sp³-hybridized carbons (Fsp3) is 0.250. The van der Waals surface area contributed by atoms with E-state index >= 15 is 0 Å². The summed E-state index contributed by atoms with van der Waals surface area (Å²) in [5.74, 6) is 0. The number of hydrogen-bond acceptors (Lipinski definition) is 7. The van der Waals surface area contributed by atoms with Crippen LogP contribution in [-0.4, -0.2) is 36.8 Å². The molecule has 0 radical (unpaired) electrons. The van der Waals surface area contributed by atoms with Crippen molar-refractivity contribution >= 4 is 43.1 Å². The summed E-state index contributed by atoms with van der Waals surface area (Å²) in [5.41, 5.74) is 6.77. The summed E-state index contributed by atoms with van der Waals surface area (Å²) in [6.45, 7) is 0. The second-order valence-electron chi connectivity index (χ2n) is 3.50. The Balaban J connectivity index is 2.22. The molecule has 0 aromatic carbocycles. The van der Waals surface area contributed by atoms with E-state index in [-0.39, 0.29) is 0 Å². The first kappa shape index (κ1) is 13.2. The van der Waals surface area contributed by atoms with Gasteiger partial charge in [0, 0.05) is 24.9 Å². The molecule has 0 aliphatic carbocycles. The Bertz CT molecular complexity index is 645. The van der Waals surface area contributed by atoms with Gasteiger partial charge in [0.25, 0.3) is 0 Å². The van der Waals surface area contributed by atoms with Crippen LogP contribution in [-0.2, 0) is 10.2 Å². The maximum Gasteiger partial charge on any atom is 0.302 e. The van der Waals surface area contributed by atoms with Gasteiger partial charge >= 0.3 is 10.2 Å². The number of nitrogens with zero attached hydrogens (tertiary/aromatic N) is 3. The average Bonchev–Trinajstić information content (AvgIpc) is 2.86. The summed E-state index contributed by atoms with van der Waals surface area (Å²) in [6.07, 6.45) is 0. The Morgan fingerprint density at radius 3 is 2.39 bits per heavy atom. The third-order valence-corrected chi connectivity index (χ3v) is 4.96. The number of nitrogens with one attached hydrogen (secondary N) is 1. The van der Waals surface area contributed by atoms with Crippen molar-refractivity contribution < 1.29 is 8.42 Å². The first-order valence-corrected chi connectivity index (χ1v) is 7.95. The highest BCUT2D eigenvalue weighted by Gasteiger charge is 2.16. The van der Waals surface area contributed by atoms with Crippen LogP contribution < -0.4 is 10.5 Å². The molecule has 18 heavy (non-hydrogen) atoms. The summed E-state index contributed by atoms with van der Waals surface area (Å²) in [5, 5.41) is 4.25. The first-order chi connectivity index (χ1) is 8.38. The van der Waals surface area contributed by atoms with Crippen molar-refractivity contribution in [3.63, 3.8) is 0 Å². The molecule has 0 atom stereocenters. The van der Waals surface area contributed by atoms with Crippen LogP contribution in [0.5, 0.6) is 0 Å². The van der Waals surface area contributed by atoms with Crippen LogP contribution in [0.15, 0.2) is 10.8 Å². The number of nitrogen functional groups attached to an aromatic ring is 1. The summed E-state index contributed by atoms with van der Waals surface area (Å²) in [4.78, 5) is 8.23. The lowest BCUT2D eigenvalue weighted by Crippen LogP contribution is -2.28. The van der Waals surface area contributed by atoms with E-state index in [9.17, 15) is 8.42 Å². The van der Waals surface area contributed by atoms with Crippen molar-refractivity contribution in [1.29, 1.82) is 0 Å². The molecule has 10 heteroatoms. The van der Waals surface area contributed by atoms with E-state index < -0.39 is 10.2 Å². The molecule has 7 nitrogen and oxygen atoms in total. The predicted octanol–water partition coefficient (Wildman–Crippen LogP) is 1.07. The van der Waals surface area contributed by atoms with E-state index in [0.717, 1.165) is 4.31 Å². The minimum Gasteiger partial charge on any atom is -0.375 e. The van der Waals surface area contributed by atoms with Crippen LogP contribution >= 0.6 is 22.7 Å². The van der Waals surface area contributed by atoms with E-state index in [2.05, 4.69) is 14.7 Å². The van der Waals surface area contributed by atoms with Crippen LogP contribution in [0.1, 0.15) is 0 Å². The van der Waals surface area contributed by atoms with Gasteiger partial charge in [-0.05, 0) is 0 Å². The summed E-state index contributed by atoms with van der Waals surface area (Å²) < 4.78 is 26.6. The third kappa shape index (κ3) is 2.77. The monoisotopic (exact) mass is 305 g/mol. The molecule has 98 valence electrons. The lowest BCUT2D eigenvalue weighted by atomic mass is 10.4. The quantitative estimate of drug-likeness (QED) is 0.879. The Morgan fingerprint density at radius 2 is 1.83 bits per heavy atom. The topological polar surface area (TPSA) is 101 Å². The summed E-state index contributed by atoms with van der Waals surface area (Å²) in [7, 11) is -0.641. The Morgan fingerprint density at radius 1 is 1.22 bits per heavy atom. The van der Waals surface area contributed by atoms with Gasteiger partial charge in [-0.3, -0.25) is 0 Å². The van der Waals surface area contributed by atoms with E-state index in [0.29, 0.717) is 21.7 Å². The highest BCUT2D eigenvalue weighted by Crippen LogP contribution is 2.27. The Hall–Kier alpha value is -1.23. The molecule has 0 bridgehead atoms. The lowest BCUT2D eigenvalue weighted by molar-refractivity contribution is 0.527. The molecule has 2 aromatic rings. The van der Waals surface area contributed by atoms with Crippen molar-refractivity contribution in [3.05, 3.63) is 10.8 Å². The van der Waals surface area contributed by atoms with Crippen LogP contribution in [0.2, 0.25) is 0 Å². The van der Waals surface area contributed by atoms with Gasteiger partial charge in [-0.25, -0.2) is 14.7 Å². The van der Waals surface area contributed by atoms with Gasteiger partial charge in [-0.2, -0.15) is 12.7 Å². The summed E-state index contributed by atoms with van der Waals surface area (Å²) >= 11 is 2.50. The normalized spacial score (nSPS) is 11.9. The van der Waals surface area contributed by atoms with Crippen molar-refractivity contribution in [1.82, 2.24) is 14.3 Å². The second-order valence-corrected chi connectivity index (χ2v) is 7.13. The molecule has 2 heterocycles. The molecular weight excluding hydrogens is 294 g/mol. The minimum atomic E-state index is -3.53. The van der Waals surface area contributed by atoms with Crippen molar-refractivity contribution in [2.24, 2.45) is 0 Å². The number of rotatable bonds is 4. The number of thiazole rings is 2. The Labute approximate surface area is 112 Å². The van der Waals surface area contributed by atoms with Gasteiger partial charge in [0.05, 0.1) is 0 Å². The van der Waals surface area contributed by atoms with Crippen LogP contribution in [0.3, 0.4) is 0 Å². The molecule has 0 unspecified atom stereocenters. The van der Waals surface area contributed by atoms with E-state index in [1.165, 1.54) is 36.8 Å². The number of anilines is 2. The maximum atomic E-state index is 11.6. The van der Waals surface area contributed by atoms with Gasteiger partial charge in [-0.15, -0.1) is 22.7 Å². The number of aromatic nitrogens is 2.